The van der Waals surface area contributed by atoms with Crippen LogP contribution in [0.15, 0.2) is 11.1 Å². The summed E-state index contributed by atoms with van der Waals surface area (Å²) in [6.07, 6.45) is 4.87. The molecule has 104 valence electrons. The number of aldehydes is 1. The van der Waals surface area contributed by atoms with Gasteiger partial charge in [0, 0.05) is 13.0 Å². The molecule has 3 saturated heterocycles. The SMILES string of the molecule is O=CCC1=C(COC2CCCCO2)C2OC1C1OC21. The van der Waals surface area contributed by atoms with Crippen molar-refractivity contribution in [1.29, 1.82) is 0 Å². The summed E-state index contributed by atoms with van der Waals surface area (Å²) in [5.41, 5.74) is 2.19. The smallest absolute Gasteiger partial charge is 0.158 e. The van der Waals surface area contributed by atoms with Crippen molar-refractivity contribution in [3.05, 3.63) is 11.1 Å². The summed E-state index contributed by atoms with van der Waals surface area (Å²) < 4.78 is 22.8. The number of epoxide rings is 1. The first-order valence-corrected chi connectivity index (χ1v) is 7.08. The Hall–Kier alpha value is -0.750. The molecule has 0 aromatic carbocycles. The number of ether oxygens (including phenoxy) is 4. The van der Waals surface area contributed by atoms with Gasteiger partial charge in [-0.1, -0.05) is 0 Å². The maximum atomic E-state index is 10.8. The Bertz CT molecular complexity index is 412. The van der Waals surface area contributed by atoms with Crippen molar-refractivity contribution in [2.24, 2.45) is 0 Å². The van der Waals surface area contributed by atoms with Crippen molar-refractivity contribution in [1.82, 2.24) is 0 Å². The van der Waals surface area contributed by atoms with Crippen molar-refractivity contribution >= 4 is 6.29 Å². The van der Waals surface area contributed by atoms with E-state index < -0.39 is 0 Å². The molecule has 19 heavy (non-hydrogen) atoms. The van der Waals surface area contributed by atoms with E-state index >= 15 is 0 Å². The van der Waals surface area contributed by atoms with E-state index in [-0.39, 0.29) is 30.7 Å². The summed E-state index contributed by atoms with van der Waals surface area (Å²) in [6, 6.07) is 0. The number of carbonyl (C=O) groups excluding carboxylic acids is 1. The van der Waals surface area contributed by atoms with Gasteiger partial charge in [-0.3, -0.25) is 0 Å². The van der Waals surface area contributed by atoms with E-state index in [0.29, 0.717) is 13.0 Å². The van der Waals surface area contributed by atoms with E-state index in [1.165, 1.54) is 0 Å². The van der Waals surface area contributed by atoms with E-state index in [4.69, 9.17) is 18.9 Å². The lowest BCUT2D eigenvalue weighted by Gasteiger charge is -2.24. The number of fused-ring (bicyclic) bond motifs is 5. The summed E-state index contributed by atoms with van der Waals surface area (Å²) >= 11 is 0. The Balaban J connectivity index is 1.44. The Morgan fingerprint density at radius 2 is 2.00 bits per heavy atom. The minimum Gasteiger partial charge on any atom is -0.363 e. The second-order valence-corrected chi connectivity index (χ2v) is 5.57. The highest BCUT2D eigenvalue weighted by Crippen LogP contribution is 2.51. The third kappa shape index (κ3) is 1.96. The monoisotopic (exact) mass is 266 g/mol. The quantitative estimate of drug-likeness (QED) is 0.421. The van der Waals surface area contributed by atoms with Gasteiger partial charge in [0.15, 0.2) is 6.29 Å². The van der Waals surface area contributed by atoms with Gasteiger partial charge in [-0.25, -0.2) is 0 Å². The van der Waals surface area contributed by atoms with Crippen molar-refractivity contribution in [3.8, 4) is 0 Å². The third-order valence-corrected chi connectivity index (χ3v) is 4.42. The zero-order valence-corrected chi connectivity index (χ0v) is 10.7. The van der Waals surface area contributed by atoms with Gasteiger partial charge >= 0.3 is 0 Å². The second kappa shape index (κ2) is 4.66. The molecule has 5 atom stereocenters. The lowest BCUT2D eigenvalue weighted by atomic mass is 9.90. The molecular weight excluding hydrogens is 248 g/mol. The maximum Gasteiger partial charge on any atom is 0.158 e. The molecule has 5 unspecified atom stereocenters. The molecule has 0 radical (unpaired) electrons. The molecule has 5 heteroatoms. The molecule has 5 nitrogen and oxygen atoms in total. The standard InChI is InChI=1S/C14H18O5/c15-5-4-8-9(7-17-10-3-1-2-6-16-10)12-14-13(19-14)11(8)18-12/h5,10-14H,1-4,6-7H2. The van der Waals surface area contributed by atoms with Gasteiger partial charge < -0.3 is 23.7 Å². The molecule has 0 N–H and O–H groups in total. The van der Waals surface area contributed by atoms with E-state index in [2.05, 4.69) is 0 Å². The number of hydrogen-bond donors (Lipinski definition) is 0. The third-order valence-electron chi connectivity index (χ3n) is 4.42. The van der Waals surface area contributed by atoms with Gasteiger partial charge in [0.05, 0.1) is 6.61 Å². The van der Waals surface area contributed by atoms with Crippen LogP contribution in [0, 0.1) is 0 Å². The first-order valence-electron chi connectivity index (χ1n) is 7.08. The molecule has 0 saturated carbocycles. The predicted molar refractivity (Wildman–Crippen MR) is 64.6 cm³/mol. The Morgan fingerprint density at radius 1 is 1.16 bits per heavy atom. The van der Waals surface area contributed by atoms with Crippen molar-refractivity contribution in [2.75, 3.05) is 13.2 Å². The van der Waals surface area contributed by atoms with Crippen LogP contribution in [0.1, 0.15) is 25.7 Å². The summed E-state index contributed by atoms with van der Waals surface area (Å²) in [7, 11) is 0. The van der Waals surface area contributed by atoms with Crippen molar-refractivity contribution < 1.29 is 23.7 Å². The molecule has 2 bridgehead atoms. The van der Waals surface area contributed by atoms with E-state index in [1.54, 1.807) is 0 Å². The summed E-state index contributed by atoms with van der Waals surface area (Å²) in [4.78, 5) is 10.8. The van der Waals surface area contributed by atoms with Crippen LogP contribution in [0.3, 0.4) is 0 Å². The minimum absolute atomic E-state index is 0.00791. The van der Waals surface area contributed by atoms with Gasteiger partial charge in [-0.05, 0) is 30.4 Å². The van der Waals surface area contributed by atoms with Crippen LogP contribution < -0.4 is 0 Å². The first kappa shape index (κ1) is 12.0. The van der Waals surface area contributed by atoms with Crippen LogP contribution >= 0.6 is 0 Å². The zero-order chi connectivity index (χ0) is 12.8. The summed E-state index contributed by atoms with van der Waals surface area (Å²) in [5.74, 6) is 0. The fourth-order valence-electron chi connectivity index (χ4n) is 3.40. The van der Waals surface area contributed by atoms with E-state index in [1.807, 2.05) is 0 Å². The highest BCUT2D eigenvalue weighted by molar-refractivity contribution is 5.58. The normalized spacial score (nSPS) is 43.5. The Labute approximate surface area is 111 Å². The van der Waals surface area contributed by atoms with Crippen LogP contribution in [-0.4, -0.2) is 50.2 Å². The molecule has 4 aliphatic rings. The highest BCUT2D eigenvalue weighted by atomic mass is 16.7. The van der Waals surface area contributed by atoms with Crippen LogP contribution in [0.2, 0.25) is 0 Å². The predicted octanol–water partition coefficient (Wildman–Crippen LogP) is 0.964. The van der Waals surface area contributed by atoms with Gasteiger partial charge in [0.2, 0.25) is 0 Å². The van der Waals surface area contributed by atoms with Crippen molar-refractivity contribution in [3.63, 3.8) is 0 Å². The molecule has 4 rings (SSSR count). The maximum absolute atomic E-state index is 10.8. The summed E-state index contributed by atoms with van der Waals surface area (Å²) in [5, 5.41) is 0. The Kier molecular flexibility index (Phi) is 2.95. The van der Waals surface area contributed by atoms with Gasteiger partial charge in [0.1, 0.15) is 30.7 Å². The topological polar surface area (TPSA) is 57.3 Å². The largest absolute Gasteiger partial charge is 0.363 e. The Morgan fingerprint density at radius 3 is 2.74 bits per heavy atom. The molecule has 0 aromatic rings. The first-order chi connectivity index (χ1) is 9.38. The summed E-state index contributed by atoms with van der Waals surface area (Å²) in [6.45, 7) is 1.28. The molecule has 4 aliphatic heterocycles. The number of hydrogen-bond acceptors (Lipinski definition) is 5. The fraction of sp³-hybridized carbons (Fsp3) is 0.786. The number of carbonyl (C=O) groups is 1. The van der Waals surface area contributed by atoms with Crippen LogP contribution in [0.25, 0.3) is 0 Å². The van der Waals surface area contributed by atoms with Gasteiger partial charge in [0.25, 0.3) is 0 Å². The lowest BCUT2D eigenvalue weighted by Crippen LogP contribution is -2.27. The number of rotatable bonds is 5. The average molecular weight is 266 g/mol. The fourth-order valence-corrected chi connectivity index (χ4v) is 3.40. The molecule has 3 fully saturated rings. The van der Waals surface area contributed by atoms with Crippen LogP contribution in [0.4, 0.5) is 0 Å². The van der Waals surface area contributed by atoms with Crippen LogP contribution in [-0.2, 0) is 23.7 Å². The molecule has 0 aliphatic carbocycles. The lowest BCUT2D eigenvalue weighted by molar-refractivity contribution is -0.158. The van der Waals surface area contributed by atoms with Gasteiger partial charge in [-0.15, -0.1) is 0 Å². The molecular formula is C14H18O5. The van der Waals surface area contributed by atoms with E-state index in [9.17, 15) is 4.79 Å². The molecule has 0 spiro atoms. The minimum atomic E-state index is -0.103. The van der Waals surface area contributed by atoms with Crippen molar-refractivity contribution in [2.45, 2.75) is 56.4 Å². The zero-order valence-electron chi connectivity index (χ0n) is 10.7. The van der Waals surface area contributed by atoms with Crippen LogP contribution in [0.5, 0.6) is 0 Å². The van der Waals surface area contributed by atoms with E-state index in [0.717, 1.165) is 43.3 Å². The molecule has 0 aromatic heterocycles. The highest BCUT2D eigenvalue weighted by Gasteiger charge is 2.64. The van der Waals surface area contributed by atoms with Gasteiger partial charge in [-0.2, -0.15) is 0 Å². The average Bonchev–Trinajstić information content (AvgIpc) is 3.08. The molecule has 4 heterocycles. The second-order valence-electron chi connectivity index (χ2n) is 5.57. The molecule has 0 amide bonds.